The van der Waals surface area contributed by atoms with Crippen LogP contribution in [0.15, 0.2) is 0 Å². The summed E-state index contributed by atoms with van der Waals surface area (Å²) in [6.45, 7) is -0.478. The molecule has 2 nitrogen and oxygen atoms in total. The molecule has 0 spiro atoms. The van der Waals surface area contributed by atoms with Gasteiger partial charge in [-0.15, -0.1) is 11.6 Å². The lowest BCUT2D eigenvalue weighted by atomic mass is 10.6. The summed E-state index contributed by atoms with van der Waals surface area (Å²) in [6, 6.07) is 0. The van der Waals surface area contributed by atoms with Crippen LogP contribution < -0.4 is 5.32 Å². The van der Waals surface area contributed by atoms with Gasteiger partial charge in [-0.1, -0.05) is 0 Å². The molecule has 0 aromatic carbocycles. The van der Waals surface area contributed by atoms with Crippen molar-refractivity contribution in [2.75, 3.05) is 19.1 Å². The van der Waals surface area contributed by atoms with Crippen molar-refractivity contribution in [3.05, 3.63) is 0 Å². The topological polar surface area (TPSA) is 29.1 Å². The van der Waals surface area contributed by atoms with Gasteiger partial charge in [0.05, 0.1) is 0 Å². The highest BCUT2D eigenvalue weighted by Gasteiger charge is 1.93. The van der Waals surface area contributed by atoms with Crippen molar-refractivity contribution in [3.63, 3.8) is 0 Å². The highest BCUT2D eigenvalue weighted by molar-refractivity contribution is 6.27. The fourth-order valence-corrected chi connectivity index (χ4v) is 0.328. The lowest BCUT2D eigenvalue weighted by molar-refractivity contribution is -0.118. The molecule has 0 aliphatic heterocycles. The Morgan fingerprint density at radius 1 is 1.75 bits per heavy atom. The Balaban J connectivity index is 2.99. The number of carbonyl (C=O) groups excluding carboxylic acids is 1. The molecule has 1 amide bonds. The molecule has 0 unspecified atom stereocenters. The summed E-state index contributed by atoms with van der Waals surface area (Å²) in [5, 5.41) is 2.24. The van der Waals surface area contributed by atoms with Crippen molar-refractivity contribution in [2.45, 2.75) is 0 Å². The van der Waals surface area contributed by atoms with Crippen LogP contribution in [-0.2, 0) is 4.79 Å². The number of hydrogen-bond donors (Lipinski definition) is 1. The molecular weight excluding hydrogens is 133 g/mol. The quantitative estimate of drug-likeness (QED) is 0.561. The molecule has 8 heavy (non-hydrogen) atoms. The molecule has 0 atom stereocenters. The Bertz CT molecular complexity index is 78.4. The maximum absolute atomic E-state index is 11.2. The van der Waals surface area contributed by atoms with E-state index in [1.807, 2.05) is 0 Å². The average Bonchev–Trinajstić information content (AvgIpc) is 1.83. The predicted molar refractivity (Wildman–Crippen MR) is 29.7 cm³/mol. The molecule has 0 rings (SSSR count). The zero-order valence-electron chi connectivity index (χ0n) is 4.29. The third kappa shape index (κ3) is 3.87. The summed E-state index contributed by atoms with van der Waals surface area (Å²) in [6.07, 6.45) is 0. The first-order valence-electron chi connectivity index (χ1n) is 2.20. The van der Waals surface area contributed by atoms with Crippen molar-refractivity contribution in [3.8, 4) is 0 Å². The van der Waals surface area contributed by atoms with Gasteiger partial charge in [0.2, 0.25) is 5.91 Å². The summed E-state index contributed by atoms with van der Waals surface area (Å²) < 4.78 is 11.2. The maximum Gasteiger partial charge on any atom is 0.235 e. The number of halogens is 2. The first kappa shape index (κ1) is 7.69. The molecule has 0 heterocycles. The van der Waals surface area contributed by atoms with E-state index >= 15 is 0 Å². The molecule has 48 valence electrons. The van der Waals surface area contributed by atoms with E-state index in [1.165, 1.54) is 0 Å². The molecule has 0 aromatic heterocycles. The molecule has 0 radical (unpaired) electrons. The Labute approximate surface area is 52.0 Å². The van der Waals surface area contributed by atoms with Crippen LogP contribution in [0.25, 0.3) is 0 Å². The molecule has 4 heteroatoms. The van der Waals surface area contributed by atoms with Gasteiger partial charge < -0.3 is 5.32 Å². The van der Waals surface area contributed by atoms with Gasteiger partial charge in [-0.3, -0.25) is 4.79 Å². The van der Waals surface area contributed by atoms with Gasteiger partial charge in [-0.2, -0.15) is 0 Å². The summed E-state index contributed by atoms with van der Waals surface area (Å²) >= 11 is 5.05. The van der Waals surface area contributed by atoms with E-state index in [1.54, 1.807) is 0 Å². The molecular formula is C4H7ClFNO. The largest absolute Gasteiger partial charge is 0.352 e. The summed E-state index contributed by atoms with van der Waals surface area (Å²) in [5.74, 6) is -0.427. The monoisotopic (exact) mass is 139 g/mol. The van der Waals surface area contributed by atoms with Crippen molar-refractivity contribution in [1.29, 1.82) is 0 Å². The van der Waals surface area contributed by atoms with Crippen LogP contribution in [0.5, 0.6) is 0 Å². The number of hydrogen-bond acceptors (Lipinski definition) is 1. The standard InChI is InChI=1S/C4H7ClFNO/c5-3-4(8)7-2-1-6/h1-3H2,(H,7,8). The van der Waals surface area contributed by atoms with Gasteiger partial charge in [-0.05, 0) is 0 Å². The van der Waals surface area contributed by atoms with Gasteiger partial charge in [0.15, 0.2) is 0 Å². The first-order chi connectivity index (χ1) is 3.81. The van der Waals surface area contributed by atoms with Crippen molar-refractivity contribution < 1.29 is 9.18 Å². The zero-order chi connectivity index (χ0) is 6.41. The van der Waals surface area contributed by atoms with Crippen LogP contribution in [0.3, 0.4) is 0 Å². The van der Waals surface area contributed by atoms with E-state index in [4.69, 9.17) is 11.6 Å². The second kappa shape index (κ2) is 4.84. The van der Waals surface area contributed by atoms with Gasteiger partial charge in [0, 0.05) is 6.54 Å². The van der Waals surface area contributed by atoms with Crippen LogP contribution >= 0.6 is 11.6 Å². The normalized spacial score (nSPS) is 8.75. The predicted octanol–water partition coefficient (Wildman–Crippen LogP) is 0.311. The van der Waals surface area contributed by atoms with Crippen LogP contribution in [-0.4, -0.2) is 25.0 Å². The van der Waals surface area contributed by atoms with Crippen LogP contribution in [0.2, 0.25) is 0 Å². The minimum atomic E-state index is -0.539. The molecule has 0 aliphatic carbocycles. The third-order valence-corrected chi connectivity index (χ3v) is 0.781. The van der Waals surface area contributed by atoms with Gasteiger partial charge >= 0.3 is 0 Å². The minimum Gasteiger partial charge on any atom is -0.352 e. The lowest BCUT2D eigenvalue weighted by Crippen LogP contribution is -2.26. The number of alkyl halides is 2. The number of amides is 1. The number of rotatable bonds is 3. The summed E-state index contributed by atoms with van der Waals surface area (Å²) in [4.78, 5) is 10.2. The summed E-state index contributed by atoms with van der Waals surface area (Å²) in [7, 11) is 0. The Kier molecular flexibility index (Phi) is 4.65. The molecule has 0 saturated carbocycles. The highest BCUT2D eigenvalue weighted by atomic mass is 35.5. The lowest BCUT2D eigenvalue weighted by Gasteiger charge is -1.94. The highest BCUT2D eigenvalue weighted by Crippen LogP contribution is 1.72. The molecule has 0 aliphatic rings. The molecule has 0 bridgehead atoms. The number of carbonyl (C=O) groups is 1. The van der Waals surface area contributed by atoms with Gasteiger partial charge in [-0.25, -0.2) is 4.39 Å². The SMILES string of the molecule is O=C(CCl)NCCF. The molecule has 0 aromatic rings. The van der Waals surface area contributed by atoms with Gasteiger partial charge in [0.25, 0.3) is 0 Å². The average molecular weight is 140 g/mol. The number of nitrogens with one attached hydrogen (secondary N) is 1. The Hall–Kier alpha value is -0.310. The fraction of sp³-hybridized carbons (Fsp3) is 0.750. The first-order valence-corrected chi connectivity index (χ1v) is 2.73. The zero-order valence-corrected chi connectivity index (χ0v) is 5.04. The molecule has 0 saturated heterocycles. The van der Waals surface area contributed by atoms with E-state index in [-0.39, 0.29) is 18.3 Å². The third-order valence-electron chi connectivity index (χ3n) is 0.538. The maximum atomic E-state index is 11.2. The smallest absolute Gasteiger partial charge is 0.235 e. The van der Waals surface area contributed by atoms with Crippen molar-refractivity contribution in [1.82, 2.24) is 5.32 Å². The second-order valence-electron chi connectivity index (χ2n) is 1.17. The van der Waals surface area contributed by atoms with Crippen LogP contribution in [0.1, 0.15) is 0 Å². The molecule has 0 fully saturated rings. The van der Waals surface area contributed by atoms with E-state index in [0.717, 1.165) is 0 Å². The van der Waals surface area contributed by atoms with Crippen molar-refractivity contribution in [2.24, 2.45) is 0 Å². The van der Waals surface area contributed by atoms with E-state index < -0.39 is 6.67 Å². The van der Waals surface area contributed by atoms with E-state index in [2.05, 4.69) is 5.32 Å². The van der Waals surface area contributed by atoms with E-state index in [0.29, 0.717) is 0 Å². The van der Waals surface area contributed by atoms with Crippen LogP contribution in [0, 0.1) is 0 Å². The minimum absolute atomic E-state index is 0.0611. The van der Waals surface area contributed by atoms with Crippen molar-refractivity contribution >= 4 is 17.5 Å². The molecule has 1 N–H and O–H groups in total. The van der Waals surface area contributed by atoms with E-state index in [9.17, 15) is 9.18 Å². The van der Waals surface area contributed by atoms with Crippen LogP contribution in [0.4, 0.5) is 4.39 Å². The Morgan fingerprint density at radius 3 is 2.75 bits per heavy atom. The van der Waals surface area contributed by atoms with Gasteiger partial charge in [0.1, 0.15) is 12.6 Å². The Morgan fingerprint density at radius 2 is 2.38 bits per heavy atom. The fourth-order valence-electron chi connectivity index (χ4n) is 0.234. The second-order valence-corrected chi connectivity index (χ2v) is 1.44. The summed E-state index contributed by atoms with van der Waals surface area (Å²) in [5.41, 5.74) is 0.